The summed E-state index contributed by atoms with van der Waals surface area (Å²) in [6.07, 6.45) is 4.62. The van der Waals surface area contributed by atoms with Gasteiger partial charge in [0.15, 0.2) is 0 Å². The van der Waals surface area contributed by atoms with Crippen LogP contribution < -0.4 is 5.32 Å². The molecule has 1 amide bonds. The highest BCUT2D eigenvalue weighted by atomic mass is 16.1. The van der Waals surface area contributed by atoms with Crippen molar-refractivity contribution in [2.45, 2.75) is 26.3 Å². The number of nitrogens with zero attached hydrogens (tertiary/aromatic N) is 2. The SMILES string of the molecule is CCCC(C#N)C(=O)NCc1cnc[nH]1. The van der Waals surface area contributed by atoms with Crippen LogP contribution in [0.1, 0.15) is 25.5 Å². The topological polar surface area (TPSA) is 81.6 Å². The van der Waals surface area contributed by atoms with E-state index < -0.39 is 5.92 Å². The third-order valence-electron chi connectivity index (χ3n) is 2.06. The first-order chi connectivity index (χ1) is 7.27. The van der Waals surface area contributed by atoms with Crippen LogP contribution in [0.5, 0.6) is 0 Å². The van der Waals surface area contributed by atoms with Gasteiger partial charge in [-0.25, -0.2) is 4.98 Å². The van der Waals surface area contributed by atoms with Gasteiger partial charge in [-0.15, -0.1) is 0 Å². The van der Waals surface area contributed by atoms with Crippen molar-refractivity contribution in [3.05, 3.63) is 18.2 Å². The molecule has 1 unspecified atom stereocenters. The molecule has 80 valence electrons. The molecule has 1 aromatic rings. The van der Waals surface area contributed by atoms with Gasteiger partial charge in [-0.1, -0.05) is 13.3 Å². The van der Waals surface area contributed by atoms with E-state index in [2.05, 4.69) is 15.3 Å². The van der Waals surface area contributed by atoms with E-state index in [4.69, 9.17) is 5.26 Å². The smallest absolute Gasteiger partial charge is 0.237 e. The van der Waals surface area contributed by atoms with Crippen LogP contribution in [0.15, 0.2) is 12.5 Å². The van der Waals surface area contributed by atoms with Gasteiger partial charge in [0.1, 0.15) is 5.92 Å². The van der Waals surface area contributed by atoms with Crippen LogP contribution in [0.3, 0.4) is 0 Å². The number of amides is 1. The first-order valence-electron chi connectivity index (χ1n) is 4.92. The zero-order valence-electron chi connectivity index (χ0n) is 8.66. The van der Waals surface area contributed by atoms with E-state index in [0.29, 0.717) is 13.0 Å². The molecule has 0 aliphatic heterocycles. The molecule has 1 atom stereocenters. The van der Waals surface area contributed by atoms with Crippen molar-refractivity contribution < 1.29 is 4.79 Å². The molecule has 0 radical (unpaired) electrons. The number of hydrogen-bond acceptors (Lipinski definition) is 3. The number of rotatable bonds is 5. The Hall–Kier alpha value is -1.83. The number of hydrogen-bond donors (Lipinski definition) is 2. The van der Waals surface area contributed by atoms with Crippen molar-refractivity contribution in [2.24, 2.45) is 5.92 Å². The Morgan fingerprint density at radius 2 is 2.60 bits per heavy atom. The van der Waals surface area contributed by atoms with E-state index in [1.165, 1.54) is 0 Å². The Labute approximate surface area is 88.5 Å². The number of H-pyrrole nitrogens is 1. The lowest BCUT2D eigenvalue weighted by Crippen LogP contribution is -2.29. The number of aromatic nitrogens is 2. The number of nitrogens with one attached hydrogen (secondary N) is 2. The number of carbonyl (C=O) groups excluding carboxylic acids is 1. The molecule has 0 spiro atoms. The average molecular weight is 206 g/mol. The Kier molecular flexibility index (Phi) is 4.35. The van der Waals surface area contributed by atoms with Crippen LogP contribution in [-0.2, 0) is 11.3 Å². The highest BCUT2D eigenvalue weighted by Crippen LogP contribution is 2.05. The summed E-state index contributed by atoms with van der Waals surface area (Å²) in [5.74, 6) is -0.758. The zero-order valence-corrected chi connectivity index (χ0v) is 8.66. The van der Waals surface area contributed by atoms with Crippen LogP contribution in [0.2, 0.25) is 0 Å². The van der Waals surface area contributed by atoms with Crippen molar-refractivity contribution in [1.82, 2.24) is 15.3 Å². The Morgan fingerprint density at radius 1 is 1.80 bits per heavy atom. The highest BCUT2D eigenvalue weighted by Gasteiger charge is 2.15. The summed E-state index contributed by atoms with van der Waals surface area (Å²) in [7, 11) is 0. The highest BCUT2D eigenvalue weighted by molar-refractivity contribution is 5.80. The number of aromatic amines is 1. The summed E-state index contributed by atoms with van der Waals surface area (Å²) >= 11 is 0. The van der Waals surface area contributed by atoms with Gasteiger partial charge in [-0.2, -0.15) is 5.26 Å². The van der Waals surface area contributed by atoms with Gasteiger partial charge >= 0.3 is 0 Å². The minimum Gasteiger partial charge on any atom is -0.349 e. The minimum atomic E-state index is -0.544. The Balaban J connectivity index is 2.38. The predicted octanol–water partition coefficient (Wildman–Crippen LogP) is 0.966. The fourth-order valence-corrected chi connectivity index (χ4v) is 1.23. The molecule has 5 nitrogen and oxygen atoms in total. The van der Waals surface area contributed by atoms with E-state index in [0.717, 1.165) is 12.1 Å². The maximum atomic E-state index is 11.5. The standard InChI is InChI=1S/C10H14N4O/c1-2-3-8(4-11)10(15)13-6-9-5-12-7-14-9/h5,7-8H,2-3,6H2,1H3,(H,12,14)(H,13,15). The number of carbonyl (C=O) groups is 1. The van der Waals surface area contributed by atoms with E-state index >= 15 is 0 Å². The number of imidazole rings is 1. The van der Waals surface area contributed by atoms with Crippen LogP contribution in [0.4, 0.5) is 0 Å². The predicted molar refractivity (Wildman–Crippen MR) is 54.4 cm³/mol. The molecular weight excluding hydrogens is 192 g/mol. The van der Waals surface area contributed by atoms with E-state index in [1.54, 1.807) is 12.5 Å². The second kappa shape index (κ2) is 5.81. The molecule has 0 fully saturated rings. The lowest BCUT2D eigenvalue weighted by atomic mass is 10.1. The minimum absolute atomic E-state index is 0.214. The summed E-state index contributed by atoms with van der Waals surface area (Å²) < 4.78 is 0. The summed E-state index contributed by atoms with van der Waals surface area (Å²) in [6.45, 7) is 2.34. The molecule has 1 heterocycles. The molecule has 15 heavy (non-hydrogen) atoms. The zero-order chi connectivity index (χ0) is 11.1. The summed E-state index contributed by atoms with van der Waals surface area (Å²) in [6, 6.07) is 1.99. The molecule has 1 rings (SSSR count). The maximum absolute atomic E-state index is 11.5. The molecule has 0 aliphatic carbocycles. The van der Waals surface area contributed by atoms with E-state index in [9.17, 15) is 4.79 Å². The van der Waals surface area contributed by atoms with Crippen molar-refractivity contribution in [2.75, 3.05) is 0 Å². The quantitative estimate of drug-likeness (QED) is 0.753. The number of nitriles is 1. The Bertz CT molecular complexity index is 339. The third-order valence-corrected chi connectivity index (χ3v) is 2.06. The van der Waals surface area contributed by atoms with Gasteiger partial charge < -0.3 is 10.3 Å². The van der Waals surface area contributed by atoms with Crippen LogP contribution in [0, 0.1) is 17.2 Å². The molecule has 0 bridgehead atoms. The summed E-state index contributed by atoms with van der Waals surface area (Å²) in [4.78, 5) is 18.2. The molecule has 5 heteroatoms. The van der Waals surface area contributed by atoms with E-state index in [-0.39, 0.29) is 5.91 Å². The largest absolute Gasteiger partial charge is 0.349 e. The average Bonchev–Trinajstić information content (AvgIpc) is 2.75. The molecule has 0 saturated heterocycles. The fourth-order valence-electron chi connectivity index (χ4n) is 1.23. The van der Waals surface area contributed by atoms with Gasteiger partial charge in [0, 0.05) is 6.20 Å². The summed E-state index contributed by atoms with van der Waals surface area (Å²) in [5.41, 5.74) is 0.830. The lowest BCUT2D eigenvalue weighted by molar-refractivity contribution is -0.123. The molecule has 0 aliphatic rings. The fraction of sp³-hybridized carbons (Fsp3) is 0.500. The van der Waals surface area contributed by atoms with Crippen molar-refractivity contribution in [3.8, 4) is 6.07 Å². The lowest BCUT2D eigenvalue weighted by Gasteiger charge is -2.07. The summed E-state index contributed by atoms with van der Waals surface area (Å²) in [5, 5.41) is 11.4. The van der Waals surface area contributed by atoms with E-state index in [1.807, 2.05) is 13.0 Å². The van der Waals surface area contributed by atoms with Crippen molar-refractivity contribution in [3.63, 3.8) is 0 Å². The van der Waals surface area contributed by atoms with Crippen LogP contribution in [0.25, 0.3) is 0 Å². The van der Waals surface area contributed by atoms with Gasteiger partial charge in [0.25, 0.3) is 0 Å². The van der Waals surface area contributed by atoms with Gasteiger partial charge in [-0.3, -0.25) is 4.79 Å². The van der Waals surface area contributed by atoms with Crippen LogP contribution in [-0.4, -0.2) is 15.9 Å². The van der Waals surface area contributed by atoms with Crippen LogP contribution >= 0.6 is 0 Å². The van der Waals surface area contributed by atoms with Gasteiger partial charge in [0.2, 0.25) is 5.91 Å². The van der Waals surface area contributed by atoms with Gasteiger partial charge in [0.05, 0.1) is 24.6 Å². The first kappa shape index (κ1) is 11.2. The van der Waals surface area contributed by atoms with Crippen molar-refractivity contribution >= 4 is 5.91 Å². The molecule has 0 saturated carbocycles. The Morgan fingerprint density at radius 3 is 3.13 bits per heavy atom. The normalized spacial score (nSPS) is 11.7. The molecule has 2 N–H and O–H groups in total. The first-order valence-corrected chi connectivity index (χ1v) is 4.92. The molecular formula is C10H14N4O. The van der Waals surface area contributed by atoms with Gasteiger partial charge in [-0.05, 0) is 6.42 Å². The second-order valence-electron chi connectivity index (χ2n) is 3.27. The monoisotopic (exact) mass is 206 g/mol. The molecule has 0 aromatic carbocycles. The maximum Gasteiger partial charge on any atom is 0.237 e. The third kappa shape index (κ3) is 3.43. The second-order valence-corrected chi connectivity index (χ2v) is 3.27. The molecule has 1 aromatic heterocycles. The van der Waals surface area contributed by atoms with Crippen molar-refractivity contribution in [1.29, 1.82) is 5.26 Å².